The summed E-state index contributed by atoms with van der Waals surface area (Å²) in [6.07, 6.45) is 2.12. The predicted molar refractivity (Wildman–Crippen MR) is 94.9 cm³/mol. The number of hydrogen-bond acceptors (Lipinski definition) is 1. The summed E-state index contributed by atoms with van der Waals surface area (Å²) >= 11 is 0. The monoisotopic (exact) mass is 486 g/mol. The molecule has 5 aromatic rings. The Bertz CT molecular complexity index is 1090. The second kappa shape index (κ2) is 5.86. The van der Waals surface area contributed by atoms with Crippen molar-refractivity contribution in [3.8, 4) is 5.69 Å². The molecule has 1 heterocycles. The van der Waals surface area contributed by atoms with Crippen LogP contribution in [0, 0.1) is 6.07 Å². The summed E-state index contributed by atoms with van der Waals surface area (Å²) in [6, 6.07) is 28.2. The van der Waals surface area contributed by atoms with Crippen LogP contribution < -0.4 is 0 Å². The molecule has 5 rings (SSSR count). The maximum Gasteiger partial charge on any atom is 0.0636 e. The van der Waals surface area contributed by atoms with Crippen LogP contribution >= 0.6 is 0 Å². The molecule has 0 amide bonds. The summed E-state index contributed by atoms with van der Waals surface area (Å²) in [6.45, 7) is 0. The van der Waals surface area contributed by atoms with Gasteiger partial charge in [-0.25, -0.2) is 9.78 Å². The van der Waals surface area contributed by atoms with Crippen LogP contribution in [0.5, 0.6) is 0 Å². The van der Waals surface area contributed by atoms with Crippen LogP contribution in [0.4, 0.5) is 0 Å². The molecule has 24 heavy (non-hydrogen) atoms. The zero-order chi connectivity index (χ0) is 15.2. The largest absolute Gasteiger partial charge is 0.250 e. The SMILES string of the molecule is [Ir].[c-]1cccc2c1c1nn(-c3ccccc3)cc1c1ccccc21. The van der Waals surface area contributed by atoms with Crippen molar-refractivity contribution in [1.82, 2.24) is 9.78 Å². The minimum Gasteiger partial charge on any atom is -0.250 e. The van der Waals surface area contributed by atoms with Gasteiger partial charge in [0, 0.05) is 31.8 Å². The maximum absolute atomic E-state index is 4.85. The summed E-state index contributed by atoms with van der Waals surface area (Å²) in [4.78, 5) is 0. The third-order valence-electron chi connectivity index (χ3n) is 4.34. The topological polar surface area (TPSA) is 17.8 Å². The Morgan fingerprint density at radius 2 is 1.38 bits per heavy atom. The molecule has 2 nitrogen and oxygen atoms in total. The van der Waals surface area contributed by atoms with E-state index in [1.807, 2.05) is 35.0 Å². The number of nitrogens with zero attached hydrogens (tertiary/aromatic N) is 2. The van der Waals surface area contributed by atoms with Gasteiger partial charge in [-0.1, -0.05) is 53.2 Å². The van der Waals surface area contributed by atoms with Gasteiger partial charge in [-0.15, -0.1) is 29.7 Å². The second-order valence-electron chi connectivity index (χ2n) is 5.68. The molecule has 0 atom stereocenters. The summed E-state index contributed by atoms with van der Waals surface area (Å²) in [5.74, 6) is 0. The predicted octanol–water partition coefficient (Wildman–Crippen LogP) is 5.13. The molecule has 0 unspecified atom stereocenters. The van der Waals surface area contributed by atoms with E-state index < -0.39 is 0 Å². The van der Waals surface area contributed by atoms with Gasteiger partial charge in [-0.05, 0) is 22.9 Å². The van der Waals surface area contributed by atoms with Gasteiger partial charge in [-0.3, -0.25) is 0 Å². The van der Waals surface area contributed by atoms with Crippen LogP contribution in [0.3, 0.4) is 0 Å². The Labute approximate surface area is 153 Å². The zero-order valence-corrected chi connectivity index (χ0v) is 15.1. The normalized spacial score (nSPS) is 11.0. The van der Waals surface area contributed by atoms with Crippen LogP contribution in [-0.2, 0) is 20.1 Å². The summed E-state index contributed by atoms with van der Waals surface area (Å²) in [5, 5.41) is 10.8. The Balaban J connectivity index is 0.00000146. The molecule has 0 N–H and O–H groups in total. The van der Waals surface area contributed by atoms with E-state index in [4.69, 9.17) is 5.10 Å². The number of hydrogen-bond donors (Lipinski definition) is 0. The quantitative estimate of drug-likeness (QED) is 0.238. The Morgan fingerprint density at radius 1 is 0.708 bits per heavy atom. The number of benzene rings is 4. The van der Waals surface area contributed by atoms with Gasteiger partial charge in [0.2, 0.25) is 0 Å². The molecule has 3 heteroatoms. The van der Waals surface area contributed by atoms with E-state index in [9.17, 15) is 0 Å². The molecule has 0 saturated heterocycles. The van der Waals surface area contributed by atoms with Crippen molar-refractivity contribution in [2.45, 2.75) is 0 Å². The van der Waals surface area contributed by atoms with Gasteiger partial charge in [-0.2, -0.15) is 0 Å². The first-order valence-corrected chi connectivity index (χ1v) is 7.68. The van der Waals surface area contributed by atoms with Crippen molar-refractivity contribution >= 4 is 32.4 Å². The standard InChI is InChI=1S/C21H13N2.Ir/c1-2-8-15(9-3-1)23-14-20-18-12-5-4-10-16(18)17-11-6-7-13-19(17)21(20)22-23;/h1-12,14H;/q-1;. The summed E-state index contributed by atoms with van der Waals surface area (Å²) < 4.78 is 1.96. The summed E-state index contributed by atoms with van der Waals surface area (Å²) in [7, 11) is 0. The van der Waals surface area contributed by atoms with Gasteiger partial charge in [0.05, 0.1) is 5.69 Å². The molecule has 117 valence electrons. The maximum atomic E-state index is 4.85. The van der Waals surface area contributed by atoms with Crippen molar-refractivity contribution in [2.24, 2.45) is 0 Å². The van der Waals surface area contributed by atoms with E-state index in [2.05, 4.69) is 54.7 Å². The third kappa shape index (κ3) is 2.17. The first kappa shape index (κ1) is 15.1. The van der Waals surface area contributed by atoms with Crippen LogP contribution in [0.1, 0.15) is 0 Å². The Morgan fingerprint density at radius 3 is 2.17 bits per heavy atom. The fourth-order valence-electron chi connectivity index (χ4n) is 3.28. The van der Waals surface area contributed by atoms with Crippen molar-refractivity contribution in [3.63, 3.8) is 0 Å². The second-order valence-corrected chi connectivity index (χ2v) is 5.68. The molecule has 0 aliphatic rings. The summed E-state index contributed by atoms with van der Waals surface area (Å²) in [5.41, 5.74) is 2.07. The number of para-hydroxylation sites is 1. The first-order chi connectivity index (χ1) is 11.4. The van der Waals surface area contributed by atoms with Gasteiger partial charge >= 0.3 is 0 Å². The molecule has 0 fully saturated rings. The fraction of sp³-hybridized carbons (Fsp3) is 0. The van der Waals surface area contributed by atoms with Gasteiger partial charge in [0.15, 0.2) is 0 Å². The van der Waals surface area contributed by atoms with Crippen molar-refractivity contribution in [3.05, 3.63) is 85.1 Å². The Hall–Kier alpha value is -2.48. The van der Waals surface area contributed by atoms with Crippen LogP contribution in [0.15, 0.2) is 79.0 Å². The van der Waals surface area contributed by atoms with Crippen molar-refractivity contribution in [1.29, 1.82) is 0 Å². The molecule has 0 aliphatic heterocycles. The Kier molecular flexibility index (Phi) is 3.68. The molecular weight excluding hydrogens is 472 g/mol. The average molecular weight is 486 g/mol. The van der Waals surface area contributed by atoms with Crippen molar-refractivity contribution < 1.29 is 20.1 Å². The molecule has 0 aliphatic carbocycles. The smallest absolute Gasteiger partial charge is 0.0636 e. The number of rotatable bonds is 1. The van der Waals surface area contributed by atoms with Gasteiger partial charge < -0.3 is 0 Å². The molecule has 1 aromatic heterocycles. The van der Waals surface area contributed by atoms with Crippen LogP contribution in [0.25, 0.3) is 38.1 Å². The van der Waals surface area contributed by atoms with E-state index in [1.54, 1.807) is 0 Å². The average Bonchev–Trinajstić information content (AvgIpc) is 3.09. The van der Waals surface area contributed by atoms with E-state index in [1.165, 1.54) is 21.5 Å². The molecule has 0 bridgehead atoms. The molecule has 0 saturated carbocycles. The number of aromatic nitrogens is 2. The first-order valence-electron chi connectivity index (χ1n) is 7.68. The van der Waals surface area contributed by atoms with Gasteiger partial charge in [0.25, 0.3) is 0 Å². The minimum absolute atomic E-state index is 0. The minimum atomic E-state index is 0. The third-order valence-corrected chi connectivity index (χ3v) is 4.34. The van der Waals surface area contributed by atoms with Gasteiger partial charge in [0.1, 0.15) is 0 Å². The zero-order valence-electron chi connectivity index (χ0n) is 12.7. The van der Waals surface area contributed by atoms with E-state index in [0.29, 0.717) is 0 Å². The number of fused-ring (bicyclic) bond motifs is 6. The molecule has 0 spiro atoms. The molecule has 1 radical (unpaired) electrons. The van der Waals surface area contributed by atoms with Crippen LogP contribution in [-0.4, -0.2) is 9.78 Å². The van der Waals surface area contributed by atoms with Crippen LogP contribution in [0.2, 0.25) is 0 Å². The van der Waals surface area contributed by atoms with E-state index >= 15 is 0 Å². The van der Waals surface area contributed by atoms with E-state index in [0.717, 1.165) is 16.6 Å². The van der Waals surface area contributed by atoms with Crippen molar-refractivity contribution in [2.75, 3.05) is 0 Å². The molecular formula is C21H13IrN2-. The fourth-order valence-corrected chi connectivity index (χ4v) is 3.28. The molecule has 4 aromatic carbocycles. The van der Waals surface area contributed by atoms with E-state index in [-0.39, 0.29) is 20.1 Å².